The number of aromatic nitrogens is 14. The Morgan fingerprint density at radius 1 is 0.573 bits per heavy atom. The quantitative estimate of drug-likeness (QED) is 0.0358. The summed E-state index contributed by atoms with van der Waals surface area (Å²) in [6.07, 6.45) is -11.0. The first-order valence-corrected chi connectivity index (χ1v) is 29.0. The highest BCUT2D eigenvalue weighted by molar-refractivity contribution is 7.48. The van der Waals surface area contributed by atoms with E-state index >= 15 is 0 Å². The number of phosphoric ester groups is 3. The van der Waals surface area contributed by atoms with Crippen molar-refractivity contribution in [1.82, 2.24) is 68.1 Å². The number of aliphatic hydroxyl groups excluding tert-OH is 2. The standard InChI is InChI=1S/C40H50N17O22P3/c1-15-6-54(40(63)53-35(15)60)25-4-18(78-80(64,65)70-8-21-16(59)2-24(74-21)56-13-47-29-33(56)49-38(42)51-36(29)61)22(75-25)9-72-82(68,69)79-19-5-27(57-14-48-30-34(57)50-39(43)52-37(30)62)76-23(19)10-71-81(66,67)77-17-3-26(73-20(17)7-58)55-12-46-28-31(41)44-11-45-32(28)55/h6,11-14,16-27,58-59H,2-5,7-10H2,1H3,(H,64,65)(H,66,67)(H,68,69)(H2,41,44,45)(H,53,60,63)(H3,42,49,51,61)(H3,43,50,52,62)/t16-,17-,18-,19-,20+,21+,22+,23+,24+,25+,26+,27+/m0/s1. The molecule has 82 heavy (non-hydrogen) atoms. The maximum atomic E-state index is 14.0. The van der Waals surface area contributed by atoms with Crippen LogP contribution in [0.1, 0.15) is 56.2 Å². The van der Waals surface area contributed by atoms with E-state index in [1.807, 2.05) is 0 Å². The average molecular weight is 1210 g/mol. The number of aromatic amines is 3. The SMILES string of the molecule is Cc1cn([C@H]2C[C@H](OP(=O)(O)OC[C@H]3O[C@@H](n4cnc5c(=O)[nH]c(N)nc54)C[C@@H]3O)[C@@H](COP(=O)(O)O[C@H]3C[C@H](n4cnc5c(=O)[nH]c(N)nc54)O[C@@H]3COP(=O)(O)O[C@H]3C[C@H](n4cnc5c(N)ncnc54)O[C@@H]3CO)O2)c(=O)[nH]c1=O. The van der Waals surface area contributed by atoms with E-state index in [9.17, 15) is 57.8 Å². The Bertz CT molecular complexity index is 3960. The molecular formula is C40H50N17O22P3. The van der Waals surface area contributed by atoms with Gasteiger partial charge in [-0.1, -0.05) is 0 Å². The van der Waals surface area contributed by atoms with Crippen molar-refractivity contribution in [2.24, 2.45) is 0 Å². The minimum atomic E-state index is -5.40. The fraction of sp³-hybridized carbons (Fsp3) is 0.525. The number of nitrogens with two attached hydrogens (primary N) is 3. The minimum absolute atomic E-state index is 0.0302. The fourth-order valence-corrected chi connectivity index (χ4v) is 12.6. The summed E-state index contributed by atoms with van der Waals surface area (Å²) in [5.74, 6) is -0.448. The largest absolute Gasteiger partial charge is 0.472 e. The number of hydrogen-bond acceptors (Lipinski definition) is 29. The number of rotatable bonds is 20. The Labute approximate surface area is 455 Å². The minimum Gasteiger partial charge on any atom is -0.394 e. The van der Waals surface area contributed by atoms with E-state index in [4.69, 9.17) is 63.3 Å². The fourth-order valence-electron chi connectivity index (χ4n) is 9.74. The smallest absolute Gasteiger partial charge is 0.394 e. The number of imidazole rings is 3. The molecule has 42 heteroatoms. The van der Waals surface area contributed by atoms with Crippen LogP contribution in [0.5, 0.6) is 0 Å². The van der Waals surface area contributed by atoms with Gasteiger partial charge in [-0.05, 0) is 6.92 Å². The van der Waals surface area contributed by atoms with Crippen LogP contribution in [-0.4, -0.2) is 168 Å². The molecule has 14 N–H and O–H groups in total. The molecule has 0 aromatic carbocycles. The molecule has 0 bridgehead atoms. The van der Waals surface area contributed by atoms with Crippen molar-refractivity contribution in [3.8, 4) is 0 Å². The van der Waals surface area contributed by atoms with Crippen LogP contribution in [0.4, 0.5) is 17.7 Å². The number of ether oxygens (including phenoxy) is 4. The number of fused-ring (bicyclic) bond motifs is 3. The molecule has 4 saturated heterocycles. The zero-order valence-corrected chi connectivity index (χ0v) is 44.8. The lowest BCUT2D eigenvalue weighted by atomic mass is 10.2. The first kappa shape index (κ1) is 57.2. The second-order valence-corrected chi connectivity index (χ2v) is 23.3. The second-order valence-electron chi connectivity index (χ2n) is 19.0. The summed E-state index contributed by atoms with van der Waals surface area (Å²) in [5.41, 5.74) is 14.6. The molecule has 7 aromatic heterocycles. The van der Waals surface area contributed by atoms with Crippen molar-refractivity contribution in [3.63, 3.8) is 0 Å². The molecule has 4 aliphatic rings. The molecule has 0 spiro atoms. The maximum Gasteiger partial charge on any atom is 0.472 e. The van der Waals surface area contributed by atoms with Gasteiger partial charge in [0, 0.05) is 37.4 Å². The lowest BCUT2D eigenvalue weighted by Crippen LogP contribution is -2.33. The lowest BCUT2D eigenvalue weighted by Gasteiger charge is -2.25. The number of anilines is 3. The predicted octanol–water partition coefficient (Wildman–Crippen LogP) is -2.29. The highest BCUT2D eigenvalue weighted by Crippen LogP contribution is 2.54. The summed E-state index contributed by atoms with van der Waals surface area (Å²) in [6.45, 7) is -1.94. The monoisotopic (exact) mass is 1210 g/mol. The van der Waals surface area contributed by atoms with E-state index in [0.717, 1.165) is 17.1 Å². The van der Waals surface area contributed by atoms with Crippen molar-refractivity contribution in [2.45, 2.75) is 106 Å². The van der Waals surface area contributed by atoms with Crippen molar-refractivity contribution >= 4 is 74.7 Å². The van der Waals surface area contributed by atoms with Gasteiger partial charge in [0.25, 0.3) is 16.7 Å². The Hall–Kier alpha value is -6.58. The summed E-state index contributed by atoms with van der Waals surface area (Å²) < 4.78 is 103. The van der Waals surface area contributed by atoms with Crippen LogP contribution < -0.4 is 39.6 Å². The van der Waals surface area contributed by atoms with E-state index in [2.05, 4.69) is 49.8 Å². The summed E-state index contributed by atoms with van der Waals surface area (Å²) >= 11 is 0. The number of aryl methyl sites for hydroxylation is 1. The number of nitrogen functional groups attached to an aromatic ring is 3. The van der Waals surface area contributed by atoms with Crippen LogP contribution >= 0.6 is 23.5 Å². The second kappa shape index (κ2) is 22.2. The van der Waals surface area contributed by atoms with Gasteiger partial charge in [-0.25, -0.2) is 43.4 Å². The van der Waals surface area contributed by atoms with E-state index in [-0.39, 0.29) is 69.6 Å². The van der Waals surface area contributed by atoms with Crippen LogP contribution in [0.2, 0.25) is 0 Å². The zero-order valence-electron chi connectivity index (χ0n) is 42.1. The summed E-state index contributed by atoms with van der Waals surface area (Å²) in [6, 6.07) is 0. The van der Waals surface area contributed by atoms with E-state index in [0.29, 0.717) is 0 Å². The van der Waals surface area contributed by atoms with Crippen LogP contribution in [-0.2, 0) is 59.8 Å². The van der Waals surface area contributed by atoms with E-state index in [1.165, 1.54) is 39.6 Å². The number of nitrogens with zero attached hydrogens (tertiary/aromatic N) is 11. The molecule has 442 valence electrons. The topological polar surface area (TPSA) is 548 Å². The molecule has 0 amide bonds. The van der Waals surface area contributed by atoms with Crippen molar-refractivity contribution in [1.29, 1.82) is 0 Å². The average Bonchev–Trinajstić information content (AvgIpc) is 3.82. The molecule has 0 radical (unpaired) electrons. The molecule has 0 saturated carbocycles. The maximum absolute atomic E-state index is 14.0. The van der Waals surface area contributed by atoms with Gasteiger partial charge >= 0.3 is 29.2 Å². The van der Waals surface area contributed by atoms with Gasteiger partial charge in [-0.2, -0.15) is 9.97 Å². The molecule has 39 nitrogen and oxygen atoms in total. The Kier molecular flexibility index (Phi) is 15.5. The van der Waals surface area contributed by atoms with Crippen LogP contribution in [0, 0.1) is 6.92 Å². The highest BCUT2D eigenvalue weighted by Gasteiger charge is 2.48. The summed E-state index contributed by atoms with van der Waals surface area (Å²) in [7, 11) is -15.8. The molecular weight excluding hydrogens is 1160 g/mol. The molecule has 3 unspecified atom stereocenters. The Balaban J connectivity index is 0.783. The molecule has 7 aromatic rings. The first-order valence-electron chi connectivity index (χ1n) is 24.5. The third-order valence-corrected chi connectivity index (χ3v) is 16.7. The Morgan fingerprint density at radius 3 is 1.51 bits per heavy atom. The predicted molar refractivity (Wildman–Crippen MR) is 270 cm³/mol. The number of hydrogen-bond donors (Lipinski definition) is 11. The number of aliphatic hydroxyl groups is 2. The lowest BCUT2D eigenvalue weighted by molar-refractivity contribution is -0.0628. The van der Waals surface area contributed by atoms with E-state index < -0.39 is 159 Å². The first-order chi connectivity index (χ1) is 38.9. The number of nitrogens with one attached hydrogen (secondary N) is 3. The van der Waals surface area contributed by atoms with Crippen molar-refractivity contribution < 1.29 is 84.7 Å². The highest BCUT2D eigenvalue weighted by atomic mass is 31.2. The summed E-state index contributed by atoms with van der Waals surface area (Å²) in [4.78, 5) is 119. The molecule has 11 heterocycles. The van der Waals surface area contributed by atoms with E-state index in [1.54, 1.807) is 0 Å². The summed E-state index contributed by atoms with van der Waals surface area (Å²) in [5, 5.41) is 21.0. The van der Waals surface area contributed by atoms with Gasteiger partial charge < -0.3 is 61.0 Å². The molecule has 11 rings (SSSR count). The van der Waals surface area contributed by atoms with Crippen LogP contribution in [0.15, 0.2) is 50.7 Å². The zero-order chi connectivity index (χ0) is 58.2. The number of H-pyrrole nitrogens is 3. The molecule has 0 aliphatic carbocycles. The van der Waals surface area contributed by atoms with Gasteiger partial charge in [-0.15, -0.1) is 0 Å². The van der Waals surface area contributed by atoms with Crippen LogP contribution in [0.25, 0.3) is 33.5 Å². The molecule has 4 aliphatic heterocycles. The van der Waals surface area contributed by atoms with Gasteiger partial charge in [0.15, 0.2) is 33.8 Å². The van der Waals surface area contributed by atoms with Crippen molar-refractivity contribution in [3.05, 3.63) is 78.6 Å². The van der Waals surface area contributed by atoms with Crippen molar-refractivity contribution in [2.75, 3.05) is 43.6 Å². The van der Waals surface area contributed by atoms with Gasteiger partial charge in [0.05, 0.1) is 51.5 Å². The third kappa shape index (κ3) is 11.7. The van der Waals surface area contributed by atoms with Gasteiger partial charge in [-0.3, -0.25) is 74.7 Å². The van der Waals surface area contributed by atoms with Gasteiger partial charge in [0.1, 0.15) is 79.5 Å². The molecule has 15 atom stereocenters. The van der Waals surface area contributed by atoms with Gasteiger partial charge in [0.2, 0.25) is 11.9 Å². The third-order valence-electron chi connectivity index (χ3n) is 13.6. The Morgan fingerprint density at radius 2 is 1.00 bits per heavy atom. The normalized spacial score (nSPS) is 29.0. The number of phosphoric acid groups is 3. The molecule has 4 fully saturated rings. The van der Waals surface area contributed by atoms with Crippen LogP contribution in [0.3, 0.4) is 0 Å².